The van der Waals surface area contributed by atoms with Crippen molar-refractivity contribution in [3.05, 3.63) is 59.1 Å². The van der Waals surface area contributed by atoms with Crippen molar-refractivity contribution in [1.29, 1.82) is 0 Å². The first-order valence-corrected chi connectivity index (χ1v) is 7.74. The van der Waals surface area contributed by atoms with Crippen molar-refractivity contribution in [2.45, 2.75) is 19.5 Å². The van der Waals surface area contributed by atoms with Crippen LogP contribution in [0.15, 0.2) is 35.0 Å². The molecule has 1 atom stereocenters. The van der Waals surface area contributed by atoms with Crippen LogP contribution in [0.4, 0.5) is 8.78 Å². The van der Waals surface area contributed by atoms with Crippen LogP contribution in [-0.2, 0) is 13.6 Å². The number of aliphatic hydroxyl groups is 1. The second kappa shape index (κ2) is 7.12. The Morgan fingerprint density at radius 1 is 1.32 bits per heavy atom. The average molecular weight is 348 g/mol. The van der Waals surface area contributed by atoms with Gasteiger partial charge in [0.15, 0.2) is 5.76 Å². The molecule has 132 valence electrons. The van der Waals surface area contributed by atoms with Gasteiger partial charge >= 0.3 is 0 Å². The normalized spacial score (nSPS) is 12.5. The zero-order valence-electron chi connectivity index (χ0n) is 13.8. The smallest absolute Gasteiger partial charge is 0.151 e. The summed E-state index contributed by atoms with van der Waals surface area (Å²) in [4.78, 5) is 0. The number of hydrogen-bond donors (Lipinski definition) is 2. The van der Waals surface area contributed by atoms with Crippen molar-refractivity contribution >= 4 is 0 Å². The zero-order valence-corrected chi connectivity index (χ0v) is 13.8. The number of aliphatic hydroxyl groups excluding tert-OH is 1. The summed E-state index contributed by atoms with van der Waals surface area (Å²) >= 11 is 0. The van der Waals surface area contributed by atoms with E-state index in [0.29, 0.717) is 11.5 Å². The SMILES string of the molecule is Cc1c(-c2cc(CNC(CO)c3c(F)cccc3F)on2)cnn1C. The Morgan fingerprint density at radius 2 is 2.04 bits per heavy atom. The molecule has 3 rings (SSSR count). The van der Waals surface area contributed by atoms with Crippen molar-refractivity contribution in [3.8, 4) is 11.3 Å². The molecule has 3 aromatic rings. The van der Waals surface area contributed by atoms with E-state index in [1.54, 1.807) is 16.9 Å². The van der Waals surface area contributed by atoms with E-state index >= 15 is 0 Å². The summed E-state index contributed by atoms with van der Waals surface area (Å²) < 4.78 is 34.7. The van der Waals surface area contributed by atoms with Gasteiger partial charge in [0, 0.05) is 29.9 Å². The minimum Gasteiger partial charge on any atom is -0.394 e. The first-order valence-electron chi connectivity index (χ1n) is 7.74. The van der Waals surface area contributed by atoms with Gasteiger partial charge in [-0.3, -0.25) is 4.68 Å². The lowest BCUT2D eigenvalue weighted by Crippen LogP contribution is -2.25. The lowest BCUT2D eigenvalue weighted by atomic mass is 10.1. The molecule has 0 saturated carbocycles. The van der Waals surface area contributed by atoms with Crippen LogP contribution in [0.5, 0.6) is 0 Å². The van der Waals surface area contributed by atoms with Crippen LogP contribution in [0.1, 0.15) is 23.1 Å². The van der Waals surface area contributed by atoms with E-state index in [4.69, 9.17) is 4.52 Å². The van der Waals surface area contributed by atoms with Crippen molar-refractivity contribution in [3.63, 3.8) is 0 Å². The molecule has 2 aromatic heterocycles. The molecule has 2 heterocycles. The van der Waals surface area contributed by atoms with Gasteiger partial charge < -0.3 is 14.9 Å². The van der Waals surface area contributed by atoms with Crippen LogP contribution in [-0.4, -0.2) is 26.7 Å². The van der Waals surface area contributed by atoms with Gasteiger partial charge in [0.05, 0.1) is 25.4 Å². The number of aromatic nitrogens is 3. The summed E-state index contributed by atoms with van der Waals surface area (Å²) in [6.45, 7) is 1.61. The topological polar surface area (TPSA) is 76.1 Å². The van der Waals surface area contributed by atoms with Gasteiger partial charge in [0.2, 0.25) is 0 Å². The van der Waals surface area contributed by atoms with Crippen molar-refractivity contribution < 1.29 is 18.4 Å². The number of hydrogen-bond acceptors (Lipinski definition) is 5. The van der Waals surface area contributed by atoms with Crippen molar-refractivity contribution in [2.24, 2.45) is 7.05 Å². The third kappa shape index (κ3) is 3.45. The first-order chi connectivity index (χ1) is 12.0. The number of halogens is 2. The molecule has 0 aliphatic carbocycles. The molecule has 6 nitrogen and oxygen atoms in total. The molecule has 0 aliphatic rings. The number of nitrogens with zero attached hydrogens (tertiary/aromatic N) is 3. The molecule has 0 fully saturated rings. The van der Waals surface area contributed by atoms with Crippen LogP contribution in [0.25, 0.3) is 11.3 Å². The largest absolute Gasteiger partial charge is 0.394 e. The minimum absolute atomic E-state index is 0.158. The Balaban J connectivity index is 1.74. The monoisotopic (exact) mass is 348 g/mol. The molecule has 0 radical (unpaired) electrons. The van der Waals surface area contributed by atoms with E-state index < -0.39 is 24.3 Å². The Hall–Kier alpha value is -2.58. The van der Waals surface area contributed by atoms with Gasteiger partial charge in [-0.05, 0) is 19.1 Å². The van der Waals surface area contributed by atoms with Crippen LogP contribution in [0, 0.1) is 18.6 Å². The van der Waals surface area contributed by atoms with E-state index in [-0.39, 0.29) is 12.1 Å². The van der Waals surface area contributed by atoms with E-state index in [9.17, 15) is 13.9 Å². The van der Waals surface area contributed by atoms with Gasteiger partial charge in [0.1, 0.15) is 17.3 Å². The Labute approximate surface area is 143 Å². The van der Waals surface area contributed by atoms with E-state index in [2.05, 4.69) is 15.6 Å². The molecule has 0 bridgehead atoms. The van der Waals surface area contributed by atoms with Gasteiger partial charge in [-0.2, -0.15) is 5.10 Å². The summed E-state index contributed by atoms with van der Waals surface area (Å²) in [5, 5.41) is 20.5. The Morgan fingerprint density at radius 3 is 2.64 bits per heavy atom. The molecular weight excluding hydrogens is 330 g/mol. The summed E-state index contributed by atoms with van der Waals surface area (Å²) in [5.41, 5.74) is 2.21. The highest BCUT2D eigenvalue weighted by molar-refractivity contribution is 5.60. The first kappa shape index (κ1) is 17.2. The van der Waals surface area contributed by atoms with E-state index in [0.717, 1.165) is 23.4 Å². The molecule has 1 unspecified atom stereocenters. The highest BCUT2D eigenvalue weighted by Gasteiger charge is 2.20. The molecule has 0 amide bonds. The maximum atomic E-state index is 13.8. The maximum Gasteiger partial charge on any atom is 0.151 e. The highest BCUT2D eigenvalue weighted by atomic mass is 19.1. The number of benzene rings is 1. The summed E-state index contributed by atoms with van der Waals surface area (Å²) in [6, 6.07) is 4.42. The van der Waals surface area contributed by atoms with Crippen LogP contribution in [0.2, 0.25) is 0 Å². The second-order valence-corrected chi connectivity index (χ2v) is 5.70. The average Bonchev–Trinajstić information content (AvgIpc) is 3.18. The predicted molar refractivity (Wildman–Crippen MR) is 86.5 cm³/mol. The van der Waals surface area contributed by atoms with Crippen LogP contribution >= 0.6 is 0 Å². The molecule has 8 heteroatoms. The standard InChI is InChI=1S/C17H18F2N4O2/c1-10-12(8-21-23(10)2)15-6-11(25-22-15)7-20-16(9-24)17-13(18)4-3-5-14(17)19/h3-6,8,16,20,24H,7,9H2,1-2H3. The maximum absolute atomic E-state index is 13.8. The van der Waals surface area contributed by atoms with Crippen molar-refractivity contribution in [1.82, 2.24) is 20.3 Å². The minimum atomic E-state index is -0.894. The third-order valence-corrected chi connectivity index (χ3v) is 4.12. The number of nitrogens with one attached hydrogen (secondary N) is 1. The fourth-order valence-electron chi connectivity index (χ4n) is 2.60. The lowest BCUT2D eigenvalue weighted by Gasteiger charge is -2.17. The number of rotatable bonds is 6. The predicted octanol–water partition coefficient (Wildman–Crippen LogP) is 2.48. The van der Waals surface area contributed by atoms with Gasteiger partial charge in [-0.15, -0.1) is 0 Å². The van der Waals surface area contributed by atoms with E-state index in [1.807, 2.05) is 14.0 Å². The molecule has 1 aromatic carbocycles. The number of aryl methyl sites for hydroxylation is 1. The molecule has 2 N–H and O–H groups in total. The third-order valence-electron chi connectivity index (χ3n) is 4.12. The highest BCUT2D eigenvalue weighted by Crippen LogP contribution is 2.24. The summed E-state index contributed by atoms with van der Waals surface area (Å²) in [6.07, 6.45) is 1.69. The molecule has 0 spiro atoms. The molecule has 25 heavy (non-hydrogen) atoms. The van der Waals surface area contributed by atoms with Crippen LogP contribution in [0.3, 0.4) is 0 Å². The fraction of sp³-hybridized carbons (Fsp3) is 0.294. The quantitative estimate of drug-likeness (QED) is 0.716. The zero-order chi connectivity index (χ0) is 18.0. The van der Waals surface area contributed by atoms with E-state index in [1.165, 1.54) is 6.07 Å². The van der Waals surface area contributed by atoms with Crippen LogP contribution < -0.4 is 5.32 Å². The summed E-state index contributed by atoms with van der Waals surface area (Å²) in [7, 11) is 1.83. The second-order valence-electron chi connectivity index (χ2n) is 5.70. The molecular formula is C17H18F2N4O2. The lowest BCUT2D eigenvalue weighted by molar-refractivity contribution is 0.232. The molecule has 0 saturated heterocycles. The Bertz CT molecular complexity index is 855. The van der Waals surface area contributed by atoms with Crippen molar-refractivity contribution in [2.75, 3.05) is 6.61 Å². The van der Waals surface area contributed by atoms with Gasteiger partial charge in [0.25, 0.3) is 0 Å². The fourth-order valence-corrected chi connectivity index (χ4v) is 2.60. The van der Waals surface area contributed by atoms with Gasteiger partial charge in [-0.25, -0.2) is 8.78 Å². The summed E-state index contributed by atoms with van der Waals surface area (Å²) in [5.74, 6) is -0.944. The molecule has 0 aliphatic heterocycles. The Kier molecular flexibility index (Phi) is 4.91. The van der Waals surface area contributed by atoms with Gasteiger partial charge in [-0.1, -0.05) is 11.2 Å².